The zero-order valence-electron chi connectivity index (χ0n) is 18.2. The Labute approximate surface area is 202 Å². The zero-order chi connectivity index (χ0) is 22.7. The quantitative estimate of drug-likeness (QED) is 0.0547. The number of hydrogen-bond acceptors (Lipinski definition) is 10. The van der Waals surface area contributed by atoms with Gasteiger partial charge >= 0.3 is 29.6 Å². The van der Waals surface area contributed by atoms with E-state index in [0.717, 1.165) is 12.8 Å². The summed E-state index contributed by atoms with van der Waals surface area (Å²) in [5, 5.41) is 52.2. The fourth-order valence-electron chi connectivity index (χ4n) is 2.42. The van der Waals surface area contributed by atoms with Crippen LogP contribution in [0.3, 0.4) is 0 Å². The smallest absolute Gasteiger partial charge is 0.726 e. The predicted molar refractivity (Wildman–Crippen MR) is 106 cm³/mol. The number of rotatable bonds is 17. The average Bonchev–Trinajstić information content (AvgIpc) is 2.69. The van der Waals surface area contributed by atoms with Gasteiger partial charge in [-0.3, -0.25) is 4.18 Å². The van der Waals surface area contributed by atoms with E-state index in [-0.39, 0.29) is 36.2 Å². The fourth-order valence-corrected chi connectivity index (χ4v) is 2.74. The fraction of sp³-hybridized carbons (Fsp3) is 1.00. The second-order valence-corrected chi connectivity index (χ2v) is 7.95. The maximum absolute atomic E-state index is 10.1. The van der Waals surface area contributed by atoms with Crippen molar-refractivity contribution in [3.63, 3.8) is 0 Å². The third-order valence-corrected chi connectivity index (χ3v) is 4.69. The number of aliphatic hydroxyl groups is 6. The Balaban J connectivity index is -0.000000497. The van der Waals surface area contributed by atoms with Crippen molar-refractivity contribution < 1.29 is 77.4 Å². The standard InChI is InChI=1S/C12H26O4S.C6H14O6.Na/c1-2-3-4-5-6-7-8-9-10-11-12-16-17(13,14)15;7-1-3(9)5(11)6(12)4(10)2-8;/h2-12H2,1H3,(H,13,14,15);3-12H,1-2H2;/q;;+1/p-1. The van der Waals surface area contributed by atoms with E-state index in [1.54, 1.807) is 0 Å². The van der Waals surface area contributed by atoms with Crippen LogP contribution in [0.4, 0.5) is 0 Å². The van der Waals surface area contributed by atoms with E-state index >= 15 is 0 Å². The molecule has 0 saturated carbocycles. The summed E-state index contributed by atoms with van der Waals surface area (Å²) < 4.78 is 34.5. The maximum Gasteiger partial charge on any atom is 1.00 e. The van der Waals surface area contributed by atoms with Crippen LogP contribution in [0.2, 0.25) is 0 Å². The number of hydrogen-bond donors (Lipinski definition) is 6. The molecule has 0 aromatic heterocycles. The Morgan fingerprint density at radius 1 is 0.733 bits per heavy atom. The van der Waals surface area contributed by atoms with Crippen molar-refractivity contribution in [2.75, 3.05) is 19.8 Å². The van der Waals surface area contributed by atoms with Crippen LogP contribution in [-0.4, -0.2) is 87.8 Å². The molecule has 0 saturated heterocycles. The Morgan fingerprint density at radius 2 is 1.07 bits per heavy atom. The van der Waals surface area contributed by atoms with Crippen LogP contribution in [-0.2, 0) is 14.6 Å². The van der Waals surface area contributed by atoms with E-state index in [1.165, 1.54) is 44.9 Å². The third-order valence-electron chi connectivity index (χ3n) is 4.24. The van der Waals surface area contributed by atoms with Gasteiger partial charge in [-0.1, -0.05) is 64.7 Å². The van der Waals surface area contributed by atoms with E-state index in [2.05, 4.69) is 11.1 Å². The summed E-state index contributed by atoms with van der Waals surface area (Å²) in [5.41, 5.74) is 0. The molecule has 0 aliphatic rings. The SMILES string of the molecule is CCCCCCCCCCCCOS(=O)(=O)[O-].OCC(O)C(O)C(O)C(O)CO.[Na+]. The van der Waals surface area contributed by atoms with Crippen molar-refractivity contribution >= 4 is 10.4 Å². The summed E-state index contributed by atoms with van der Waals surface area (Å²) in [6, 6.07) is 0. The summed E-state index contributed by atoms with van der Waals surface area (Å²) in [4.78, 5) is 0. The molecule has 0 aromatic carbocycles. The summed E-state index contributed by atoms with van der Waals surface area (Å²) in [5.74, 6) is 0. The van der Waals surface area contributed by atoms with Crippen LogP contribution in [0, 0.1) is 0 Å². The van der Waals surface area contributed by atoms with Gasteiger partial charge in [0.05, 0.1) is 19.8 Å². The van der Waals surface area contributed by atoms with E-state index in [0.29, 0.717) is 6.42 Å². The van der Waals surface area contributed by atoms with Crippen LogP contribution in [0.1, 0.15) is 71.1 Å². The molecule has 0 radical (unpaired) electrons. The molecule has 0 heterocycles. The van der Waals surface area contributed by atoms with Gasteiger partial charge in [0.1, 0.15) is 24.4 Å². The summed E-state index contributed by atoms with van der Waals surface area (Å²) in [6.07, 6.45) is 5.31. The first kappa shape index (κ1) is 35.2. The van der Waals surface area contributed by atoms with Gasteiger partial charge in [-0.2, -0.15) is 0 Å². The van der Waals surface area contributed by atoms with Crippen LogP contribution >= 0.6 is 0 Å². The van der Waals surface area contributed by atoms with Crippen LogP contribution in [0.5, 0.6) is 0 Å². The van der Waals surface area contributed by atoms with Gasteiger partial charge in [-0.15, -0.1) is 0 Å². The molecule has 0 rings (SSSR count). The normalized spacial score (nSPS) is 15.3. The molecule has 0 aliphatic carbocycles. The van der Waals surface area contributed by atoms with Crippen molar-refractivity contribution in [3.05, 3.63) is 0 Å². The monoisotopic (exact) mass is 470 g/mol. The molecule has 0 spiro atoms. The first-order chi connectivity index (χ1) is 13.6. The summed E-state index contributed by atoms with van der Waals surface area (Å²) in [7, 11) is -4.48. The van der Waals surface area contributed by atoms with E-state index < -0.39 is 48.0 Å². The van der Waals surface area contributed by atoms with E-state index in [1.807, 2.05) is 0 Å². The Kier molecular flexibility index (Phi) is 26.8. The van der Waals surface area contributed by atoms with Gasteiger partial charge in [0.15, 0.2) is 0 Å². The molecule has 0 bridgehead atoms. The zero-order valence-corrected chi connectivity index (χ0v) is 21.0. The third kappa shape index (κ3) is 23.3. The first-order valence-electron chi connectivity index (χ1n) is 10.1. The Bertz CT molecular complexity index is 438. The van der Waals surface area contributed by atoms with E-state index in [9.17, 15) is 13.0 Å². The van der Waals surface area contributed by atoms with E-state index in [4.69, 9.17) is 30.6 Å². The molecule has 0 aliphatic heterocycles. The molecular weight excluding hydrogens is 431 g/mol. The molecule has 10 nitrogen and oxygen atoms in total. The predicted octanol–water partition coefficient (Wildman–Crippen LogP) is -3.20. The first-order valence-corrected chi connectivity index (χ1v) is 11.5. The molecule has 0 aromatic rings. The molecule has 6 N–H and O–H groups in total. The molecule has 4 unspecified atom stereocenters. The topological polar surface area (TPSA) is 188 Å². The Morgan fingerprint density at radius 3 is 1.37 bits per heavy atom. The van der Waals surface area contributed by atoms with Gasteiger partial charge in [0, 0.05) is 0 Å². The van der Waals surface area contributed by atoms with Crippen molar-refractivity contribution in [1.82, 2.24) is 0 Å². The molecule has 12 heteroatoms. The molecule has 0 fully saturated rings. The minimum atomic E-state index is -4.48. The Hall–Kier alpha value is 0.630. The van der Waals surface area contributed by atoms with Crippen molar-refractivity contribution in [3.8, 4) is 0 Å². The van der Waals surface area contributed by atoms with Crippen LogP contribution in [0.25, 0.3) is 0 Å². The van der Waals surface area contributed by atoms with Crippen LogP contribution < -0.4 is 29.6 Å². The van der Waals surface area contributed by atoms with Gasteiger partial charge in [0.2, 0.25) is 10.4 Å². The number of unbranched alkanes of at least 4 members (excludes halogenated alkanes) is 9. The van der Waals surface area contributed by atoms with Crippen molar-refractivity contribution in [2.45, 2.75) is 95.5 Å². The number of aliphatic hydroxyl groups excluding tert-OH is 6. The second kappa shape index (κ2) is 22.8. The van der Waals surface area contributed by atoms with Crippen molar-refractivity contribution in [1.29, 1.82) is 0 Å². The van der Waals surface area contributed by atoms with Gasteiger partial charge in [-0.05, 0) is 6.42 Å². The molecule has 0 amide bonds. The van der Waals surface area contributed by atoms with Gasteiger partial charge in [-0.25, -0.2) is 8.42 Å². The molecule has 178 valence electrons. The largest absolute Gasteiger partial charge is 1.00 e. The molecule has 30 heavy (non-hydrogen) atoms. The van der Waals surface area contributed by atoms with Crippen LogP contribution in [0.15, 0.2) is 0 Å². The molecule has 4 atom stereocenters. The second-order valence-electron chi connectivity index (χ2n) is 6.89. The molecular formula is C18H39NaO10S. The summed E-state index contributed by atoms with van der Waals surface area (Å²) >= 11 is 0. The van der Waals surface area contributed by atoms with Gasteiger partial charge < -0.3 is 35.2 Å². The minimum absolute atomic E-state index is 0. The summed E-state index contributed by atoms with van der Waals surface area (Å²) in [6.45, 7) is 0.791. The minimum Gasteiger partial charge on any atom is -0.726 e. The van der Waals surface area contributed by atoms with Crippen molar-refractivity contribution in [2.24, 2.45) is 0 Å². The van der Waals surface area contributed by atoms with Gasteiger partial charge in [0.25, 0.3) is 0 Å². The maximum atomic E-state index is 10.1. The average molecular weight is 471 g/mol.